The molecule has 3 heteroatoms. The van der Waals surface area contributed by atoms with Crippen LogP contribution in [0.1, 0.15) is 12.8 Å². The normalized spacial score (nSPS) is 18.5. The number of hydrogen-bond acceptors (Lipinski definition) is 3. The van der Waals surface area contributed by atoms with Gasteiger partial charge in [0, 0.05) is 11.9 Å². The van der Waals surface area contributed by atoms with Crippen LogP contribution >= 0.6 is 24.4 Å². The average molecular weight is 211 g/mol. The largest absolute Gasteiger partial charge is 0.250 e. The van der Waals surface area contributed by atoms with Gasteiger partial charge in [-0.3, -0.25) is 0 Å². The van der Waals surface area contributed by atoms with Gasteiger partial charge >= 0.3 is 0 Å². The average Bonchev–Trinajstić information content (AvgIpc) is 2.97. The van der Waals surface area contributed by atoms with E-state index in [0.29, 0.717) is 5.41 Å². The fraction of sp³-hybridized carbons (Fsp3) is 0.500. The van der Waals surface area contributed by atoms with Crippen LogP contribution in [-0.2, 0) is 0 Å². The molecule has 0 aromatic carbocycles. The summed E-state index contributed by atoms with van der Waals surface area (Å²) in [5.41, 5.74) is 0.533. The third-order valence-corrected chi connectivity index (χ3v) is 4.42. The maximum atomic E-state index is 4.38. The predicted molar refractivity (Wildman–Crippen MR) is 60.5 cm³/mol. The van der Waals surface area contributed by atoms with Crippen molar-refractivity contribution < 1.29 is 0 Å². The molecular weight excluding hydrogens is 198 g/mol. The third-order valence-electron chi connectivity index (χ3n) is 2.46. The van der Waals surface area contributed by atoms with Crippen LogP contribution in [0, 0.1) is 5.41 Å². The highest BCUT2D eigenvalue weighted by Crippen LogP contribution is 2.49. The summed E-state index contributed by atoms with van der Waals surface area (Å²) in [7, 11) is 0. The van der Waals surface area contributed by atoms with E-state index in [2.05, 4.69) is 23.7 Å². The Morgan fingerprint density at radius 3 is 2.85 bits per heavy atom. The number of aromatic nitrogens is 1. The molecule has 0 radical (unpaired) electrons. The lowest BCUT2D eigenvalue weighted by molar-refractivity contribution is 0.682. The zero-order chi connectivity index (χ0) is 9.15. The van der Waals surface area contributed by atoms with Crippen LogP contribution in [0.4, 0.5) is 0 Å². The van der Waals surface area contributed by atoms with Crippen molar-refractivity contribution in [3.05, 3.63) is 24.4 Å². The van der Waals surface area contributed by atoms with Gasteiger partial charge < -0.3 is 0 Å². The highest BCUT2D eigenvalue weighted by Gasteiger charge is 2.40. The SMILES string of the molecule is SCC1(CSc2ccccn2)CC1. The first-order valence-corrected chi connectivity index (χ1v) is 6.11. The Kier molecular flexibility index (Phi) is 2.84. The monoisotopic (exact) mass is 211 g/mol. The predicted octanol–water partition coefficient (Wildman–Crippen LogP) is 2.88. The first-order chi connectivity index (χ1) is 6.35. The number of nitrogens with zero attached hydrogens (tertiary/aromatic N) is 1. The van der Waals surface area contributed by atoms with E-state index in [-0.39, 0.29) is 0 Å². The summed E-state index contributed by atoms with van der Waals surface area (Å²) in [5.74, 6) is 2.19. The first-order valence-electron chi connectivity index (χ1n) is 4.49. The molecule has 0 amide bonds. The van der Waals surface area contributed by atoms with E-state index in [4.69, 9.17) is 0 Å². The van der Waals surface area contributed by atoms with Gasteiger partial charge in [0.05, 0.1) is 5.03 Å². The standard InChI is InChI=1S/C10H13NS2/c12-7-10(4-5-10)8-13-9-3-1-2-6-11-9/h1-3,6,12H,4-5,7-8H2. The quantitative estimate of drug-likeness (QED) is 0.607. The Bertz CT molecular complexity index is 270. The van der Waals surface area contributed by atoms with Crippen LogP contribution in [0.3, 0.4) is 0 Å². The van der Waals surface area contributed by atoms with E-state index in [1.807, 2.05) is 30.1 Å². The van der Waals surface area contributed by atoms with Crippen LogP contribution in [0.2, 0.25) is 0 Å². The van der Waals surface area contributed by atoms with E-state index >= 15 is 0 Å². The Balaban J connectivity index is 1.86. The molecule has 0 spiro atoms. The van der Waals surface area contributed by atoms with Gasteiger partial charge in [0.25, 0.3) is 0 Å². The molecule has 0 saturated heterocycles. The second kappa shape index (κ2) is 3.93. The number of thioether (sulfide) groups is 1. The smallest absolute Gasteiger partial charge is 0.0959 e. The Morgan fingerprint density at radius 2 is 2.31 bits per heavy atom. The zero-order valence-corrected chi connectivity index (χ0v) is 9.15. The topological polar surface area (TPSA) is 12.9 Å². The second-order valence-electron chi connectivity index (χ2n) is 3.61. The highest BCUT2D eigenvalue weighted by molar-refractivity contribution is 7.99. The first kappa shape index (κ1) is 9.41. The van der Waals surface area contributed by atoms with Gasteiger partial charge in [-0.1, -0.05) is 6.07 Å². The minimum absolute atomic E-state index is 0.533. The van der Waals surface area contributed by atoms with E-state index in [0.717, 1.165) is 10.8 Å². The Hall–Kier alpha value is -0.150. The van der Waals surface area contributed by atoms with E-state index in [9.17, 15) is 0 Å². The summed E-state index contributed by atoms with van der Waals surface area (Å²) in [6.07, 6.45) is 4.54. The fourth-order valence-electron chi connectivity index (χ4n) is 1.18. The van der Waals surface area contributed by atoms with E-state index in [1.54, 1.807) is 0 Å². The summed E-state index contributed by atoms with van der Waals surface area (Å²) < 4.78 is 0. The van der Waals surface area contributed by atoms with Gasteiger partial charge in [-0.2, -0.15) is 12.6 Å². The number of pyridine rings is 1. The molecule has 1 aliphatic rings. The maximum Gasteiger partial charge on any atom is 0.0959 e. The molecule has 70 valence electrons. The Labute approximate surface area is 88.7 Å². The van der Waals surface area contributed by atoms with Crippen molar-refractivity contribution >= 4 is 24.4 Å². The fourth-order valence-corrected chi connectivity index (χ4v) is 2.92. The maximum absolute atomic E-state index is 4.38. The van der Waals surface area contributed by atoms with E-state index < -0.39 is 0 Å². The van der Waals surface area contributed by atoms with Crippen LogP contribution in [0.15, 0.2) is 29.4 Å². The molecule has 1 aromatic heterocycles. The summed E-state index contributed by atoms with van der Waals surface area (Å²) in [4.78, 5) is 4.28. The van der Waals surface area contributed by atoms with Gasteiger partial charge in [0.15, 0.2) is 0 Å². The van der Waals surface area contributed by atoms with Gasteiger partial charge in [0.2, 0.25) is 0 Å². The molecule has 2 rings (SSSR count). The van der Waals surface area contributed by atoms with Crippen molar-refractivity contribution in [2.75, 3.05) is 11.5 Å². The summed E-state index contributed by atoms with van der Waals surface area (Å²) in [6, 6.07) is 6.06. The molecule has 0 atom stereocenters. The summed E-state index contributed by atoms with van der Waals surface area (Å²) in [5, 5.41) is 1.13. The van der Waals surface area contributed by atoms with Gasteiger partial charge in [-0.05, 0) is 36.1 Å². The molecule has 1 nitrogen and oxygen atoms in total. The zero-order valence-electron chi connectivity index (χ0n) is 7.44. The number of hydrogen-bond donors (Lipinski definition) is 1. The van der Waals surface area contributed by atoms with Crippen molar-refractivity contribution in [1.82, 2.24) is 4.98 Å². The van der Waals surface area contributed by atoms with Crippen molar-refractivity contribution in [3.8, 4) is 0 Å². The molecule has 1 aromatic rings. The van der Waals surface area contributed by atoms with Crippen LogP contribution in [0.25, 0.3) is 0 Å². The second-order valence-corrected chi connectivity index (χ2v) is 4.93. The lowest BCUT2D eigenvalue weighted by atomic mass is 10.2. The van der Waals surface area contributed by atoms with Crippen LogP contribution in [0.5, 0.6) is 0 Å². The lowest BCUT2D eigenvalue weighted by Crippen LogP contribution is -2.05. The molecule has 0 N–H and O–H groups in total. The molecule has 13 heavy (non-hydrogen) atoms. The summed E-state index contributed by atoms with van der Waals surface area (Å²) in [6.45, 7) is 0. The lowest BCUT2D eigenvalue weighted by Gasteiger charge is -2.09. The molecule has 1 heterocycles. The molecular formula is C10H13NS2. The van der Waals surface area contributed by atoms with Crippen molar-refractivity contribution in [2.45, 2.75) is 17.9 Å². The molecule has 1 saturated carbocycles. The van der Waals surface area contributed by atoms with Gasteiger partial charge in [-0.25, -0.2) is 4.98 Å². The third kappa shape index (κ3) is 2.41. The van der Waals surface area contributed by atoms with Crippen LogP contribution in [-0.4, -0.2) is 16.5 Å². The summed E-state index contributed by atoms with van der Waals surface area (Å²) >= 11 is 6.23. The molecule has 0 aliphatic heterocycles. The van der Waals surface area contributed by atoms with Crippen molar-refractivity contribution in [2.24, 2.45) is 5.41 Å². The number of rotatable bonds is 4. The highest BCUT2D eigenvalue weighted by atomic mass is 32.2. The van der Waals surface area contributed by atoms with Crippen molar-refractivity contribution in [1.29, 1.82) is 0 Å². The van der Waals surface area contributed by atoms with Crippen LogP contribution < -0.4 is 0 Å². The molecule has 0 bridgehead atoms. The minimum Gasteiger partial charge on any atom is -0.250 e. The van der Waals surface area contributed by atoms with Crippen molar-refractivity contribution in [3.63, 3.8) is 0 Å². The molecule has 0 unspecified atom stereocenters. The minimum atomic E-state index is 0.533. The number of thiol groups is 1. The van der Waals surface area contributed by atoms with E-state index in [1.165, 1.54) is 18.6 Å². The van der Waals surface area contributed by atoms with Gasteiger partial charge in [-0.15, -0.1) is 11.8 Å². The molecule has 1 fully saturated rings. The Morgan fingerprint density at radius 1 is 1.46 bits per heavy atom. The van der Waals surface area contributed by atoms with Gasteiger partial charge in [0.1, 0.15) is 0 Å². The molecule has 1 aliphatic carbocycles.